The fourth-order valence-corrected chi connectivity index (χ4v) is 4.20. The molecule has 1 aliphatic heterocycles. The second-order valence-electron chi connectivity index (χ2n) is 5.86. The summed E-state index contributed by atoms with van der Waals surface area (Å²) in [6.45, 7) is 3.77. The van der Waals surface area contributed by atoms with E-state index < -0.39 is 6.10 Å². The predicted octanol–water partition coefficient (Wildman–Crippen LogP) is 2.71. The quantitative estimate of drug-likeness (QED) is 0.878. The van der Waals surface area contributed by atoms with Crippen LogP contribution in [0.15, 0.2) is 22.7 Å². The van der Waals surface area contributed by atoms with Gasteiger partial charge in [-0.15, -0.1) is 0 Å². The van der Waals surface area contributed by atoms with E-state index in [0.29, 0.717) is 11.8 Å². The Labute approximate surface area is 122 Å². The summed E-state index contributed by atoms with van der Waals surface area (Å²) in [6, 6.07) is 6.13. The molecule has 3 unspecified atom stereocenters. The Morgan fingerprint density at radius 2 is 2.11 bits per heavy atom. The molecule has 0 spiro atoms. The molecule has 0 amide bonds. The summed E-state index contributed by atoms with van der Waals surface area (Å²) >= 11 is 3.53. The molecule has 0 radical (unpaired) electrons. The first kappa shape index (κ1) is 13.4. The summed E-state index contributed by atoms with van der Waals surface area (Å²) in [7, 11) is 0. The molecule has 19 heavy (non-hydrogen) atoms. The Hall–Kier alpha value is -0.580. The minimum Gasteiger partial charge on any atom is -0.393 e. The Kier molecular flexibility index (Phi) is 3.58. The third kappa shape index (κ3) is 2.41. The summed E-state index contributed by atoms with van der Waals surface area (Å²) < 4.78 is 0.956. The van der Waals surface area contributed by atoms with Crippen molar-refractivity contribution in [1.82, 2.24) is 0 Å². The van der Waals surface area contributed by atoms with Crippen molar-refractivity contribution in [2.45, 2.75) is 32.0 Å². The number of benzene rings is 1. The lowest BCUT2D eigenvalue weighted by atomic mass is 10.00. The van der Waals surface area contributed by atoms with E-state index in [1.54, 1.807) is 6.92 Å². The highest BCUT2D eigenvalue weighted by Gasteiger charge is 2.41. The molecule has 3 rings (SSSR count). The zero-order valence-corrected chi connectivity index (χ0v) is 12.7. The SMILES string of the molecule is C[C@@H](O)c1ccc(N2CC3CCC(O)C3C2)cc1Br. The van der Waals surface area contributed by atoms with Crippen LogP contribution in [0.1, 0.15) is 31.4 Å². The maximum Gasteiger partial charge on any atom is 0.0772 e. The summed E-state index contributed by atoms with van der Waals surface area (Å²) in [4.78, 5) is 2.36. The Morgan fingerprint density at radius 1 is 1.32 bits per heavy atom. The minimum atomic E-state index is -0.455. The van der Waals surface area contributed by atoms with Crippen molar-refractivity contribution in [1.29, 1.82) is 0 Å². The third-order valence-electron chi connectivity index (χ3n) is 4.62. The van der Waals surface area contributed by atoms with E-state index in [2.05, 4.69) is 33.0 Å². The van der Waals surface area contributed by atoms with Gasteiger partial charge in [0.1, 0.15) is 0 Å². The molecule has 0 bridgehead atoms. The normalized spacial score (nSPS) is 31.6. The van der Waals surface area contributed by atoms with Crippen molar-refractivity contribution >= 4 is 21.6 Å². The highest BCUT2D eigenvalue weighted by Crippen LogP contribution is 2.40. The lowest BCUT2D eigenvalue weighted by Gasteiger charge is -2.22. The first-order valence-corrected chi connectivity index (χ1v) is 7.76. The highest BCUT2D eigenvalue weighted by molar-refractivity contribution is 9.10. The zero-order valence-electron chi connectivity index (χ0n) is 11.1. The smallest absolute Gasteiger partial charge is 0.0772 e. The number of hydrogen-bond donors (Lipinski definition) is 2. The first-order chi connectivity index (χ1) is 9.06. The van der Waals surface area contributed by atoms with E-state index in [0.717, 1.165) is 36.0 Å². The number of aliphatic hydroxyl groups is 2. The van der Waals surface area contributed by atoms with Gasteiger partial charge >= 0.3 is 0 Å². The molecule has 0 aromatic heterocycles. The second kappa shape index (κ2) is 5.08. The molecule has 4 heteroatoms. The average molecular weight is 326 g/mol. The second-order valence-corrected chi connectivity index (χ2v) is 6.71. The van der Waals surface area contributed by atoms with Crippen LogP contribution in [0.4, 0.5) is 5.69 Å². The van der Waals surface area contributed by atoms with Crippen LogP contribution in [-0.4, -0.2) is 29.4 Å². The number of rotatable bonds is 2. The molecule has 3 nitrogen and oxygen atoms in total. The fourth-order valence-electron chi connectivity index (χ4n) is 3.50. The van der Waals surface area contributed by atoms with Gasteiger partial charge in [0.05, 0.1) is 12.2 Å². The molecule has 1 aliphatic carbocycles. The summed E-state index contributed by atoms with van der Waals surface area (Å²) in [5.74, 6) is 1.08. The van der Waals surface area contributed by atoms with Crippen molar-refractivity contribution in [3.63, 3.8) is 0 Å². The van der Waals surface area contributed by atoms with Gasteiger partial charge in [0.25, 0.3) is 0 Å². The zero-order chi connectivity index (χ0) is 13.6. The molecule has 2 aliphatic rings. The van der Waals surface area contributed by atoms with Crippen LogP contribution >= 0.6 is 15.9 Å². The van der Waals surface area contributed by atoms with Crippen LogP contribution in [0, 0.1) is 11.8 Å². The van der Waals surface area contributed by atoms with Crippen molar-refractivity contribution < 1.29 is 10.2 Å². The van der Waals surface area contributed by atoms with Gasteiger partial charge in [0.15, 0.2) is 0 Å². The van der Waals surface area contributed by atoms with Gasteiger partial charge in [-0.1, -0.05) is 22.0 Å². The van der Waals surface area contributed by atoms with Crippen molar-refractivity contribution in [3.8, 4) is 0 Å². The first-order valence-electron chi connectivity index (χ1n) is 6.97. The van der Waals surface area contributed by atoms with E-state index in [4.69, 9.17) is 0 Å². The van der Waals surface area contributed by atoms with Gasteiger partial charge in [0.2, 0.25) is 0 Å². The Balaban J connectivity index is 1.79. The van der Waals surface area contributed by atoms with Gasteiger partial charge in [-0.3, -0.25) is 0 Å². The van der Waals surface area contributed by atoms with Gasteiger partial charge in [-0.05, 0) is 43.4 Å². The van der Waals surface area contributed by atoms with Crippen molar-refractivity contribution in [2.24, 2.45) is 11.8 Å². The standard InChI is InChI=1S/C15H20BrNO2/c1-9(18)12-4-3-11(6-14(12)16)17-7-10-2-5-15(19)13(10)8-17/h3-4,6,9-10,13,15,18-19H,2,5,7-8H2,1H3/t9-,10?,13?,15?/m1/s1. The number of fused-ring (bicyclic) bond motifs is 1. The van der Waals surface area contributed by atoms with E-state index in [9.17, 15) is 10.2 Å². The molecule has 2 fully saturated rings. The van der Waals surface area contributed by atoms with Gasteiger partial charge in [-0.2, -0.15) is 0 Å². The number of aliphatic hydroxyl groups excluding tert-OH is 2. The number of nitrogens with zero attached hydrogens (tertiary/aromatic N) is 1. The van der Waals surface area contributed by atoms with Crippen LogP contribution in [0.3, 0.4) is 0 Å². The molecule has 1 heterocycles. The van der Waals surface area contributed by atoms with Crippen LogP contribution in [0.2, 0.25) is 0 Å². The van der Waals surface area contributed by atoms with Gasteiger partial charge < -0.3 is 15.1 Å². The molecule has 2 N–H and O–H groups in total. The monoisotopic (exact) mass is 325 g/mol. The van der Waals surface area contributed by atoms with Crippen molar-refractivity contribution in [3.05, 3.63) is 28.2 Å². The Morgan fingerprint density at radius 3 is 2.74 bits per heavy atom. The van der Waals surface area contributed by atoms with Crippen LogP contribution in [0.5, 0.6) is 0 Å². The van der Waals surface area contributed by atoms with E-state index in [1.165, 1.54) is 5.69 Å². The molecule has 1 saturated carbocycles. The number of halogens is 1. The summed E-state index contributed by atoms with van der Waals surface area (Å²) in [5, 5.41) is 19.6. The largest absolute Gasteiger partial charge is 0.393 e. The molecular formula is C15H20BrNO2. The molecule has 1 aromatic rings. The maximum atomic E-state index is 9.97. The lowest BCUT2D eigenvalue weighted by Crippen LogP contribution is -2.24. The van der Waals surface area contributed by atoms with E-state index in [1.807, 2.05) is 6.07 Å². The van der Waals surface area contributed by atoms with Gasteiger partial charge in [-0.25, -0.2) is 0 Å². The molecule has 1 saturated heterocycles. The maximum absolute atomic E-state index is 9.97. The topological polar surface area (TPSA) is 43.7 Å². The number of hydrogen-bond acceptors (Lipinski definition) is 3. The third-order valence-corrected chi connectivity index (χ3v) is 5.31. The average Bonchev–Trinajstić information content (AvgIpc) is 2.91. The Bertz CT molecular complexity index is 477. The predicted molar refractivity (Wildman–Crippen MR) is 79.2 cm³/mol. The van der Waals surface area contributed by atoms with E-state index >= 15 is 0 Å². The minimum absolute atomic E-state index is 0.116. The van der Waals surface area contributed by atoms with Gasteiger partial charge in [0, 0.05) is 29.2 Å². The van der Waals surface area contributed by atoms with Crippen LogP contribution < -0.4 is 4.90 Å². The highest BCUT2D eigenvalue weighted by atomic mass is 79.9. The number of anilines is 1. The molecular weight excluding hydrogens is 306 g/mol. The fraction of sp³-hybridized carbons (Fsp3) is 0.600. The molecule has 104 valence electrons. The van der Waals surface area contributed by atoms with E-state index in [-0.39, 0.29) is 6.10 Å². The van der Waals surface area contributed by atoms with Crippen LogP contribution in [-0.2, 0) is 0 Å². The molecule has 1 aromatic carbocycles. The van der Waals surface area contributed by atoms with Crippen molar-refractivity contribution in [2.75, 3.05) is 18.0 Å². The summed E-state index contributed by atoms with van der Waals surface area (Å²) in [6.07, 6.45) is 1.54. The lowest BCUT2D eigenvalue weighted by molar-refractivity contribution is 0.133. The summed E-state index contributed by atoms with van der Waals surface area (Å²) in [5.41, 5.74) is 2.10. The molecule has 4 atom stereocenters. The van der Waals surface area contributed by atoms with Crippen LogP contribution in [0.25, 0.3) is 0 Å².